The maximum atomic E-state index is 8.87. The van der Waals surface area contributed by atoms with Gasteiger partial charge in [-0.25, -0.2) is 0 Å². The van der Waals surface area contributed by atoms with Gasteiger partial charge in [-0.2, -0.15) is 0 Å². The highest BCUT2D eigenvalue weighted by Gasteiger charge is 2.21. The summed E-state index contributed by atoms with van der Waals surface area (Å²) in [6.07, 6.45) is 6.08. The lowest BCUT2D eigenvalue weighted by atomic mass is 9.88. The summed E-state index contributed by atoms with van der Waals surface area (Å²) >= 11 is 0. The number of rotatable bonds is 7. The normalized spacial score (nSPS) is 22.9. The third-order valence-corrected chi connectivity index (χ3v) is 3.92. The van der Waals surface area contributed by atoms with E-state index in [-0.39, 0.29) is 0 Å². The average Bonchev–Trinajstić information content (AvgIpc) is 2.29. The Hall–Kier alpha value is -0.120. The van der Waals surface area contributed by atoms with E-state index in [1.807, 2.05) is 0 Å². The minimum Gasteiger partial charge on any atom is -0.396 e. The average molecular weight is 242 g/mol. The van der Waals surface area contributed by atoms with Crippen molar-refractivity contribution in [2.24, 2.45) is 5.41 Å². The Morgan fingerprint density at radius 2 is 2.12 bits per heavy atom. The van der Waals surface area contributed by atoms with E-state index in [4.69, 9.17) is 5.11 Å². The molecule has 0 radical (unpaired) electrons. The Labute approximate surface area is 107 Å². The van der Waals surface area contributed by atoms with E-state index in [0.29, 0.717) is 12.0 Å². The fourth-order valence-electron chi connectivity index (χ4n) is 2.63. The number of hydrogen-bond acceptors (Lipinski definition) is 3. The number of aliphatic hydroxyl groups excluding tert-OH is 1. The largest absolute Gasteiger partial charge is 0.396 e. The second kappa shape index (κ2) is 7.34. The molecule has 1 fully saturated rings. The summed E-state index contributed by atoms with van der Waals surface area (Å²) in [6.45, 7) is 8.28. The summed E-state index contributed by atoms with van der Waals surface area (Å²) in [5.41, 5.74) is 0.302. The summed E-state index contributed by atoms with van der Waals surface area (Å²) in [5.74, 6) is 0. The Balaban J connectivity index is 2.17. The van der Waals surface area contributed by atoms with Gasteiger partial charge in [0.25, 0.3) is 0 Å². The number of nitrogens with one attached hydrogen (secondary N) is 1. The molecule has 0 aromatic heterocycles. The number of likely N-dealkylation sites (N-methyl/N-ethyl adjacent to an activating group) is 1. The zero-order valence-corrected chi connectivity index (χ0v) is 11.8. The quantitative estimate of drug-likeness (QED) is 0.715. The fourth-order valence-corrected chi connectivity index (χ4v) is 2.63. The molecule has 17 heavy (non-hydrogen) atoms. The van der Waals surface area contributed by atoms with Gasteiger partial charge in [0.15, 0.2) is 0 Å². The van der Waals surface area contributed by atoms with Gasteiger partial charge in [0, 0.05) is 25.7 Å². The summed E-state index contributed by atoms with van der Waals surface area (Å²) in [7, 11) is 2.24. The molecule has 102 valence electrons. The summed E-state index contributed by atoms with van der Waals surface area (Å²) < 4.78 is 0. The molecule has 0 amide bonds. The minimum absolute atomic E-state index is 0.302. The molecule has 1 aliphatic rings. The van der Waals surface area contributed by atoms with Gasteiger partial charge in [-0.05, 0) is 44.7 Å². The van der Waals surface area contributed by atoms with Gasteiger partial charge >= 0.3 is 0 Å². The standard InChI is InChI=1S/C14H30N2O/c1-14(2,8-6-10-17)12-15-11-13-7-4-5-9-16(13)3/h13,15,17H,4-12H2,1-3H3. The smallest absolute Gasteiger partial charge is 0.0431 e. The monoisotopic (exact) mass is 242 g/mol. The molecule has 1 rings (SSSR count). The van der Waals surface area contributed by atoms with Crippen LogP contribution >= 0.6 is 0 Å². The Morgan fingerprint density at radius 3 is 2.76 bits per heavy atom. The van der Waals surface area contributed by atoms with E-state index in [0.717, 1.165) is 32.0 Å². The second-order valence-corrected chi connectivity index (χ2v) is 6.25. The predicted molar refractivity (Wildman–Crippen MR) is 73.2 cm³/mol. The molecule has 1 aliphatic heterocycles. The van der Waals surface area contributed by atoms with E-state index in [9.17, 15) is 0 Å². The first-order valence-electron chi connectivity index (χ1n) is 7.07. The van der Waals surface area contributed by atoms with Gasteiger partial charge < -0.3 is 15.3 Å². The first kappa shape index (κ1) is 14.9. The maximum Gasteiger partial charge on any atom is 0.0431 e. The van der Waals surface area contributed by atoms with E-state index < -0.39 is 0 Å². The topological polar surface area (TPSA) is 35.5 Å². The highest BCUT2D eigenvalue weighted by molar-refractivity contribution is 4.78. The lowest BCUT2D eigenvalue weighted by Gasteiger charge is -2.34. The van der Waals surface area contributed by atoms with Crippen LogP contribution in [0.3, 0.4) is 0 Å². The van der Waals surface area contributed by atoms with Crippen LogP contribution < -0.4 is 5.32 Å². The van der Waals surface area contributed by atoms with Crippen molar-refractivity contribution in [2.75, 3.05) is 33.3 Å². The van der Waals surface area contributed by atoms with Crippen LogP contribution in [0, 0.1) is 5.41 Å². The first-order chi connectivity index (χ1) is 8.05. The summed E-state index contributed by atoms with van der Waals surface area (Å²) in [6, 6.07) is 0.720. The Kier molecular flexibility index (Phi) is 6.45. The fraction of sp³-hybridized carbons (Fsp3) is 1.00. The third-order valence-electron chi connectivity index (χ3n) is 3.92. The molecule has 2 N–H and O–H groups in total. The van der Waals surface area contributed by atoms with Crippen LogP contribution in [-0.4, -0.2) is 49.3 Å². The van der Waals surface area contributed by atoms with Gasteiger partial charge in [0.1, 0.15) is 0 Å². The summed E-state index contributed by atoms with van der Waals surface area (Å²) in [5, 5.41) is 12.5. The van der Waals surface area contributed by atoms with Gasteiger partial charge in [-0.1, -0.05) is 20.3 Å². The van der Waals surface area contributed by atoms with Crippen molar-refractivity contribution in [3.63, 3.8) is 0 Å². The van der Waals surface area contributed by atoms with Crippen LogP contribution in [0.4, 0.5) is 0 Å². The molecule has 1 heterocycles. The lowest BCUT2D eigenvalue weighted by Crippen LogP contribution is -2.44. The lowest BCUT2D eigenvalue weighted by molar-refractivity contribution is 0.173. The van der Waals surface area contributed by atoms with Crippen molar-refractivity contribution in [3.8, 4) is 0 Å². The zero-order chi connectivity index (χ0) is 12.7. The maximum absolute atomic E-state index is 8.87. The van der Waals surface area contributed by atoms with E-state index >= 15 is 0 Å². The number of likely N-dealkylation sites (tertiary alicyclic amines) is 1. The molecular weight excluding hydrogens is 212 g/mol. The number of aliphatic hydroxyl groups is 1. The van der Waals surface area contributed by atoms with Crippen LogP contribution in [0.25, 0.3) is 0 Å². The van der Waals surface area contributed by atoms with Gasteiger partial charge in [-0.3, -0.25) is 0 Å². The molecule has 1 saturated heterocycles. The van der Waals surface area contributed by atoms with Gasteiger partial charge in [0.2, 0.25) is 0 Å². The second-order valence-electron chi connectivity index (χ2n) is 6.25. The molecule has 3 nitrogen and oxygen atoms in total. The van der Waals surface area contributed by atoms with Gasteiger partial charge in [-0.15, -0.1) is 0 Å². The molecule has 1 atom stereocenters. The van der Waals surface area contributed by atoms with Crippen molar-refractivity contribution in [3.05, 3.63) is 0 Å². The van der Waals surface area contributed by atoms with Crippen LogP contribution in [0.5, 0.6) is 0 Å². The number of piperidine rings is 1. The Bertz CT molecular complexity index is 206. The van der Waals surface area contributed by atoms with Crippen molar-refractivity contribution < 1.29 is 5.11 Å². The molecule has 1 unspecified atom stereocenters. The minimum atomic E-state index is 0.302. The molecule has 0 bridgehead atoms. The van der Waals surface area contributed by atoms with E-state index in [2.05, 4.69) is 31.1 Å². The van der Waals surface area contributed by atoms with Crippen LogP contribution in [0.2, 0.25) is 0 Å². The first-order valence-corrected chi connectivity index (χ1v) is 7.07. The van der Waals surface area contributed by atoms with Crippen molar-refractivity contribution in [2.45, 2.75) is 52.0 Å². The predicted octanol–water partition coefficient (Wildman–Crippen LogP) is 1.86. The molecule has 0 aromatic carbocycles. The van der Waals surface area contributed by atoms with Crippen molar-refractivity contribution in [1.82, 2.24) is 10.2 Å². The third kappa shape index (κ3) is 5.84. The summed E-state index contributed by atoms with van der Waals surface area (Å²) in [4.78, 5) is 2.48. The van der Waals surface area contributed by atoms with Crippen LogP contribution in [0.1, 0.15) is 46.0 Å². The molecule has 0 aliphatic carbocycles. The van der Waals surface area contributed by atoms with Crippen molar-refractivity contribution >= 4 is 0 Å². The van der Waals surface area contributed by atoms with Gasteiger partial charge in [0.05, 0.1) is 0 Å². The van der Waals surface area contributed by atoms with Crippen molar-refractivity contribution in [1.29, 1.82) is 0 Å². The number of nitrogens with zero attached hydrogens (tertiary/aromatic N) is 1. The molecule has 0 spiro atoms. The Morgan fingerprint density at radius 1 is 1.35 bits per heavy atom. The van der Waals surface area contributed by atoms with Crippen LogP contribution in [-0.2, 0) is 0 Å². The zero-order valence-electron chi connectivity index (χ0n) is 11.8. The van der Waals surface area contributed by atoms with Crippen LogP contribution in [0.15, 0.2) is 0 Å². The van der Waals surface area contributed by atoms with E-state index in [1.165, 1.54) is 25.8 Å². The molecule has 0 saturated carbocycles. The SMILES string of the molecule is CN1CCCCC1CNCC(C)(C)CCCO. The molecular formula is C14H30N2O. The highest BCUT2D eigenvalue weighted by Crippen LogP contribution is 2.21. The molecule has 3 heteroatoms. The number of hydrogen-bond donors (Lipinski definition) is 2. The molecule has 0 aromatic rings. The van der Waals surface area contributed by atoms with E-state index in [1.54, 1.807) is 0 Å². The highest BCUT2D eigenvalue weighted by atomic mass is 16.2.